The summed E-state index contributed by atoms with van der Waals surface area (Å²) < 4.78 is 18.3. The van der Waals surface area contributed by atoms with Crippen molar-refractivity contribution in [2.75, 3.05) is 32.8 Å². The van der Waals surface area contributed by atoms with Crippen molar-refractivity contribution in [1.29, 1.82) is 0 Å². The molecule has 0 radical (unpaired) electrons. The summed E-state index contributed by atoms with van der Waals surface area (Å²) in [4.78, 5) is 17.5. The molecule has 1 aromatic heterocycles. The van der Waals surface area contributed by atoms with Gasteiger partial charge in [0.2, 0.25) is 5.91 Å². The number of fused-ring (bicyclic) bond motifs is 1. The molecule has 4 N–H and O–H groups in total. The Morgan fingerprint density at radius 1 is 0.975 bits per heavy atom. The molecule has 0 aliphatic carbocycles. The third-order valence-electron chi connectivity index (χ3n) is 6.86. The Labute approximate surface area is 234 Å². The number of carbonyl (C=O) groups is 1. The molecule has 0 aliphatic rings. The number of hydrogen-bond donors (Lipinski definition) is 4. The number of aliphatic hydroxyl groups excluding tert-OH is 2. The molecule has 40 heavy (non-hydrogen) atoms. The number of aromatic amines is 1. The number of nitrogens with one attached hydrogen (secondary N) is 2. The number of amides is 1. The Morgan fingerprint density at radius 2 is 1.70 bits per heavy atom. The third-order valence-corrected chi connectivity index (χ3v) is 6.86. The minimum Gasteiger partial charge on any atom is -0.394 e. The van der Waals surface area contributed by atoms with E-state index < -0.39 is 6.10 Å². The molecule has 4 aromatic rings. The Bertz CT molecular complexity index is 1320. The van der Waals surface area contributed by atoms with Gasteiger partial charge < -0.3 is 25.3 Å². The molecule has 0 bridgehead atoms. The lowest BCUT2D eigenvalue weighted by Gasteiger charge is -2.24. The lowest BCUT2D eigenvalue weighted by Crippen LogP contribution is -2.35. The fourth-order valence-corrected chi connectivity index (χ4v) is 4.69. The number of aliphatic hydroxyl groups is 2. The highest BCUT2D eigenvalue weighted by atomic mass is 19.1. The van der Waals surface area contributed by atoms with Gasteiger partial charge in [-0.15, -0.1) is 0 Å². The summed E-state index contributed by atoms with van der Waals surface area (Å²) in [6.07, 6.45) is 3.74. The van der Waals surface area contributed by atoms with Crippen LogP contribution in [-0.2, 0) is 35.5 Å². The van der Waals surface area contributed by atoms with Crippen molar-refractivity contribution in [2.45, 2.75) is 38.5 Å². The Hall–Kier alpha value is -3.56. The highest BCUT2D eigenvalue weighted by Crippen LogP contribution is 2.19. The molecule has 1 unspecified atom stereocenters. The predicted octanol–water partition coefficient (Wildman–Crippen LogP) is 3.97. The second-order valence-corrected chi connectivity index (χ2v) is 10.1. The Morgan fingerprint density at radius 3 is 2.48 bits per heavy atom. The van der Waals surface area contributed by atoms with Crippen LogP contribution in [0.25, 0.3) is 10.9 Å². The number of halogens is 1. The Balaban J connectivity index is 1.18. The van der Waals surface area contributed by atoms with Crippen LogP contribution in [0.2, 0.25) is 0 Å². The second-order valence-electron chi connectivity index (χ2n) is 10.1. The smallest absolute Gasteiger partial charge is 0.246 e. The SMILES string of the molecule is O=C(COCc1ccc(F)cc1)NCCCc1ccc(CN(CCc2c[nH]c3ccccc23)CC(O)CO)cc1. The average Bonchev–Trinajstić information content (AvgIpc) is 3.39. The quantitative estimate of drug-likeness (QED) is 0.159. The number of benzene rings is 3. The van der Waals surface area contributed by atoms with Gasteiger partial charge in [-0.1, -0.05) is 54.6 Å². The van der Waals surface area contributed by atoms with E-state index in [0.717, 1.165) is 42.5 Å². The molecular weight excluding hydrogens is 509 g/mol. The maximum atomic E-state index is 12.9. The summed E-state index contributed by atoms with van der Waals surface area (Å²) in [7, 11) is 0. The van der Waals surface area contributed by atoms with Crippen LogP contribution in [0.5, 0.6) is 0 Å². The molecule has 1 amide bonds. The van der Waals surface area contributed by atoms with Crippen molar-refractivity contribution in [3.05, 3.63) is 107 Å². The summed E-state index contributed by atoms with van der Waals surface area (Å²) in [6, 6.07) is 22.6. The zero-order chi connectivity index (χ0) is 28.2. The minimum atomic E-state index is -0.786. The van der Waals surface area contributed by atoms with Crippen molar-refractivity contribution in [1.82, 2.24) is 15.2 Å². The molecule has 4 rings (SSSR count). The lowest BCUT2D eigenvalue weighted by atomic mass is 10.1. The van der Waals surface area contributed by atoms with E-state index in [-0.39, 0.29) is 31.5 Å². The number of carbonyl (C=O) groups excluding carboxylic acids is 1. The number of hydrogen-bond acceptors (Lipinski definition) is 5. The molecule has 0 saturated carbocycles. The topological polar surface area (TPSA) is 97.8 Å². The van der Waals surface area contributed by atoms with Gasteiger partial charge in [-0.2, -0.15) is 0 Å². The molecule has 0 saturated heterocycles. The van der Waals surface area contributed by atoms with Gasteiger partial charge >= 0.3 is 0 Å². The molecule has 8 heteroatoms. The van der Waals surface area contributed by atoms with Gasteiger partial charge in [0.05, 0.1) is 19.3 Å². The summed E-state index contributed by atoms with van der Waals surface area (Å²) >= 11 is 0. The van der Waals surface area contributed by atoms with Gasteiger partial charge in [0.15, 0.2) is 0 Å². The monoisotopic (exact) mass is 547 g/mol. The van der Waals surface area contributed by atoms with E-state index in [1.165, 1.54) is 28.6 Å². The maximum absolute atomic E-state index is 12.9. The highest BCUT2D eigenvalue weighted by Gasteiger charge is 2.13. The minimum absolute atomic E-state index is 0.0339. The summed E-state index contributed by atoms with van der Waals surface area (Å²) in [5, 5.41) is 23.6. The van der Waals surface area contributed by atoms with Crippen molar-refractivity contribution >= 4 is 16.8 Å². The fourth-order valence-electron chi connectivity index (χ4n) is 4.69. The first-order valence-corrected chi connectivity index (χ1v) is 13.7. The number of nitrogens with zero attached hydrogens (tertiary/aromatic N) is 1. The number of H-pyrrole nitrogens is 1. The second kappa shape index (κ2) is 15.3. The first kappa shape index (κ1) is 29.4. The lowest BCUT2D eigenvalue weighted by molar-refractivity contribution is -0.126. The number of aryl methyl sites for hydroxylation is 1. The van der Waals surface area contributed by atoms with Crippen LogP contribution in [0.3, 0.4) is 0 Å². The van der Waals surface area contributed by atoms with E-state index in [0.29, 0.717) is 19.6 Å². The van der Waals surface area contributed by atoms with Crippen molar-refractivity contribution in [2.24, 2.45) is 0 Å². The van der Waals surface area contributed by atoms with Gasteiger partial charge in [-0.05, 0) is 59.7 Å². The molecule has 1 heterocycles. The average molecular weight is 548 g/mol. The van der Waals surface area contributed by atoms with Crippen molar-refractivity contribution in [3.8, 4) is 0 Å². The number of para-hydroxylation sites is 1. The zero-order valence-corrected chi connectivity index (χ0v) is 22.7. The molecule has 0 aliphatic heterocycles. The number of ether oxygens (including phenoxy) is 1. The van der Waals surface area contributed by atoms with Crippen LogP contribution < -0.4 is 5.32 Å². The van der Waals surface area contributed by atoms with Gasteiger partial charge in [-0.25, -0.2) is 4.39 Å². The molecule has 3 aromatic carbocycles. The van der Waals surface area contributed by atoms with Crippen LogP contribution in [0.4, 0.5) is 4.39 Å². The largest absolute Gasteiger partial charge is 0.394 e. The predicted molar refractivity (Wildman–Crippen MR) is 154 cm³/mol. The van der Waals surface area contributed by atoms with Gasteiger partial charge in [0, 0.05) is 43.3 Å². The number of rotatable bonds is 16. The van der Waals surface area contributed by atoms with Crippen molar-refractivity contribution < 1.29 is 24.1 Å². The first-order chi connectivity index (χ1) is 19.5. The van der Waals surface area contributed by atoms with E-state index in [1.807, 2.05) is 18.3 Å². The van der Waals surface area contributed by atoms with Crippen LogP contribution >= 0.6 is 0 Å². The van der Waals surface area contributed by atoms with Gasteiger partial charge in [0.25, 0.3) is 0 Å². The molecular formula is C32H38FN3O4. The molecule has 1 atom stereocenters. The molecule has 0 fully saturated rings. The summed E-state index contributed by atoms with van der Waals surface area (Å²) in [5.74, 6) is -0.469. The van der Waals surface area contributed by atoms with Crippen LogP contribution in [-0.4, -0.2) is 65.0 Å². The fraction of sp³-hybridized carbons (Fsp3) is 0.344. The van der Waals surface area contributed by atoms with Gasteiger partial charge in [0.1, 0.15) is 12.4 Å². The Kier molecular flexibility index (Phi) is 11.2. The van der Waals surface area contributed by atoms with Crippen LogP contribution in [0, 0.1) is 5.82 Å². The maximum Gasteiger partial charge on any atom is 0.246 e. The summed E-state index contributed by atoms with van der Waals surface area (Å²) in [6.45, 7) is 2.35. The van der Waals surface area contributed by atoms with E-state index in [1.54, 1.807) is 12.1 Å². The normalized spacial score (nSPS) is 12.2. The highest BCUT2D eigenvalue weighted by molar-refractivity contribution is 5.83. The van der Waals surface area contributed by atoms with E-state index in [9.17, 15) is 19.4 Å². The van der Waals surface area contributed by atoms with Gasteiger partial charge in [-0.3, -0.25) is 9.69 Å². The summed E-state index contributed by atoms with van der Waals surface area (Å²) in [5.41, 5.74) is 5.50. The van der Waals surface area contributed by atoms with Crippen LogP contribution in [0.15, 0.2) is 79.0 Å². The number of aromatic nitrogens is 1. The van der Waals surface area contributed by atoms with Crippen molar-refractivity contribution in [3.63, 3.8) is 0 Å². The third kappa shape index (κ3) is 9.27. The molecule has 0 spiro atoms. The molecule has 7 nitrogen and oxygen atoms in total. The zero-order valence-electron chi connectivity index (χ0n) is 22.7. The van der Waals surface area contributed by atoms with Crippen LogP contribution in [0.1, 0.15) is 28.7 Å². The van der Waals surface area contributed by atoms with E-state index >= 15 is 0 Å². The van der Waals surface area contributed by atoms with E-state index in [2.05, 4.69) is 51.6 Å². The standard InChI is InChI=1S/C32H38FN3O4/c33-28-13-11-26(12-14-28)22-40-23-32(39)34-16-3-4-24-7-9-25(10-8-24)19-36(20-29(38)21-37)17-15-27-18-35-31-6-2-1-5-30(27)31/h1-2,5-14,18,29,35,37-38H,3-4,15-17,19-23H2,(H,34,39). The molecule has 212 valence electrons. The van der Waals surface area contributed by atoms with E-state index in [4.69, 9.17) is 4.74 Å². The first-order valence-electron chi connectivity index (χ1n) is 13.7.